The summed E-state index contributed by atoms with van der Waals surface area (Å²) in [6.07, 6.45) is 4.38. The molecule has 7 nitrogen and oxygen atoms in total. The highest BCUT2D eigenvalue weighted by atomic mass is 32.2. The summed E-state index contributed by atoms with van der Waals surface area (Å²) in [6, 6.07) is 1.15. The number of hydrogen-bond acceptors (Lipinski definition) is 5. The average molecular weight is 380 g/mol. The Balaban J connectivity index is 1.52. The minimum absolute atomic E-state index is 0.305. The number of aryl methyl sites for hydroxylation is 1. The Bertz CT molecular complexity index is 927. The van der Waals surface area contributed by atoms with Gasteiger partial charge < -0.3 is 10.6 Å². The molecular formula is C16H20N4O3S2. The molecule has 25 heavy (non-hydrogen) atoms. The number of carbonyl (C=O) groups is 1. The normalized spacial score (nSPS) is 24.6. The van der Waals surface area contributed by atoms with Crippen molar-refractivity contribution in [2.24, 2.45) is 7.05 Å². The first kappa shape index (κ1) is 16.6. The van der Waals surface area contributed by atoms with E-state index in [1.807, 2.05) is 7.05 Å². The molecule has 1 saturated carbocycles. The number of sulfone groups is 1. The van der Waals surface area contributed by atoms with Crippen LogP contribution in [0.2, 0.25) is 0 Å². The summed E-state index contributed by atoms with van der Waals surface area (Å²) in [4.78, 5) is 12.5. The lowest BCUT2D eigenvalue weighted by Crippen LogP contribution is -2.38. The molecule has 9 heteroatoms. The van der Waals surface area contributed by atoms with E-state index in [-0.39, 0.29) is 12.1 Å². The van der Waals surface area contributed by atoms with Gasteiger partial charge in [-0.3, -0.25) is 4.68 Å². The quantitative estimate of drug-likeness (QED) is 0.856. The number of carbonyl (C=O) groups excluding carboxylic acids is 1. The van der Waals surface area contributed by atoms with Crippen molar-refractivity contribution in [1.82, 2.24) is 15.1 Å². The smallest absolute Gasteiger partial charge is 0.319 e. The second-order valence-electron chi connectivity index (χ2n) is 6.78. The van der Waals surface area contributed by atoms with Gasteiger partial charge in [0.2, 0.25) is 0 Å². The summed E-state index contributed by atoms with van der Waals surface area (Å²) in [6.45, 7) is 1.69. The molecule has 4 rings (SSSR count). The first-order valence-corrected chi connectivity index (χ1v) is 10.7. The number of thiophene rings is 1. The number of hydrogen-bond donors (Lipinski definition) is 2. The molecule has 1 aliphatic heterocycles. The molecule has 0 spiro atoms. The predicted octanol–water partition coefficient (Wildman–Crippen LogP) is 2.79. The summed E-state index contributed by atoms with van der Waals surface area (Å²) in [5.41, 5.74) is 2.34. The molecule has 1 aliphatic carbocycles. The summed E-state index contributed by atoms with van der Waals surface area (Å²) in [7, 11) is -1.44. The van der Waals surface area contributed by atoms with Crippen molar-refractivity contribution in [3.05, 3.63) is 28.9 Å². The van der Waals surface area contributed by atoms with Gasteiger partial charge in [-0.1, -0.05) is 0 Å². The molecule has 2 N–H and O–H groups in total. The van der Waals surface area contributed by atoms with E-state index in [4.69, 9.17) is 0 Å². The topological polar surface area (TPSA) is 93.1 Å². The number of fused-ring (bicyclic) bond motifs is 1. The van der Waals surface area contributed by atoms with E-state index in [0.29, 0.717) is 22.1 Å². The van der Waals surface area contributed by atoms with Gasteiger partial charge in [0.05, 0.1) is 22.7 Å². The van der Waals surface area contributed by atoms with E-state index in [0.717, 1.165) is 24.2 Å². The van der Waals surface area contributed by atoms with Crippen LogP contribution < -0.4 is 10.6 Å². The monoisotopic (exact) mass is 380 g/mol. The van der Waals surface area contributed by atoms with Crippen LogP contribution in [0.15, 0.2) is 21.9 Å². The fraction of sp³-hybridized carbons (Fsp3) is 0.500. The standard InChI is InChI=1S/C16H20N4O3S2/c1-9-7-12(11-5-6-24-15(11)25(9,22)23)17-16(21)18-13-8-20(2)19-14(13)10-3-4-10/h5-6,8-10,12H,3-4,7H2,1-2H3,(H2,17,18,21)/t9-,12-/m0/s1. The second-order valence-corrected chi connectivity index (χ2v) is 10.3. The Morgan fingerprint density at radius 1 is 1.40 bits per heavy atom. The maximum atomic E-state index is 12.5. The molecule has 0 aromatic carbocycles. The second kappa shape index (κ2) is 5.84. The van der Waals surface area contributed by atoms with E-state index >= 15 is 0 Å². The predicted molar refractivity (Wildman–Crippen MR) is 95.7 cm³/mol. The summed E-state index contributed by atoms with van der Waals surface area (Å²) >= 11 is 1.22. The summed E-state index contributed by atoms with van der Waals surface area (Å²) in [5.74, 6) is 0.430. The van der Waals surface area contributed by atoms with Crippen molar-refractivity contribution in [3.8, 4) is 0 Å². The zero-order valence-corrected chi connectivity index (χ0v) is 15.7. The molecular weight excluding hydrogens is 360 g/mol. The molecule has 1 fully saturated rings. The largest absolute Gasteiger partial charge is 0.331 e. The molecule has 0 saturated heterocycles. The molecule has 0 radical (unpaired) electrons. The maximum absolute atomic E-state index is 12.5. The van der Waals surface area contributed by atoms with Crippen LogP contribution in [-0.4, -0.2) is 29.5 Å². The fourth-order valence-electron chi connectivity index (χ4n) is 3.28. The highest BCUT2D eigenvalue weighted by Crippen LogP contribution is 2.42. The van der Waals surface area contributed by atoms with Gasteiger partial charge in [0.15, 0.2) is 9.84 Å². The van der Waals surface area contributed by atoms with Gasteiger partial charge in [-0.25, -0.2) is 13.2 Å². The zero-order chi connectivity index (χ0) is 17.8. The van der Waals surface area contributed by atoms with Crippen molar-refractivity contribution in [1.29, 1.82) is 0 Å². The van der Waals surface area contributed by atoms with Gasteiger partial charge in [0.25, 0.3) is 0 Å². The highest BCUT2D eigenvalue weighted by Gasteiger charge is 2.38. The van der Waals surface area contributed by atoms with Crippen molar-refractivity contribution >= 4 is 32.9 Å². The Labute approximate surface area is 150 Å². The lowest BCUT2D eigenvalue weighted by Gasteiger charge is -2.28. The molecule has 134 valence electrons. The average Bonchev–Trinajstić information content (AvgIpc) is 3.12. The van der Waals surface area contributed by atoms with E-state index in [2.05, 4.69) is 15.7 Å². The number of urea groups is 1. The third-order valence-electron chi connectivity index (χ3n) is 4.76. The molecule has 2 aromatic rings. The molecule has 2 atom stereocenters. The first-order valence-electron chi connectivity index (χ1n) is 8.28. The molecule has 0 bridgehead atoms. The fourth-order valence-corrected chi connectivity index (χ4v) is 6.51. The summed E-state index contributed by atoms with van der Waals surface area (Å²) < 4.78 is 26.9. The SMILES string of the molecule is C[C@H]1C[C@H](NC(=O)Nc2cn(C)nc2C2CC2)c2ccsc2S1(=O)=O. The van der Waals surface area contributed by atoms with E-state index < -0.39 is 15.1 Å². The molecule has 2 aliphatic rings. The van der Waals surface area contributed by atoms with Crippen molar-refractivity contribution in [2.75, 3.05) is 5.32 Å². The van der Waals surface area contributed by atoms with Crippen molar-refractivity contribution in [3.63, 3.8) is 0 Å². The van der Waals surface area contributed by atoms with Crippen LogP contribution in [0.25, 0.3) is 0 Å². The number of nitrogens with zero attached hydrogens (tertiary/aromatic N) is 2. The first-order chi connectivity index (χ1) is 11.9. The Morgan fingerprint density at radius 2 is 2.16 bits per heavy atom. The third kappa shape index (κ3) is 2.95. The van der Waals surface area contributed by atoms with Gasteiger partial charge in [-0.15, -0.1) is 11.3 Å². The number of amides is 2. The molecule has 2 aromatic heterocycles. The van der Waals surface area contributed by atoms with Crippen molar-refractivity contribution in [2.45, 2.75) is 47.6 Å². The Hall–Kier alpha value is -1.87. The lowest BCUT2D eigenvalue weighted by molar-refractivity contribution is 0.247. The van der Waals surface area contributed by atoms with E-state index in [1.165, 1.54) is 11.3 Å². The number of nitrogens with one attached hydrogen (secondary N) is 2. The van der Waals surface area contributed by atoms with Crippen LogP contribution in [0.1, 0.15) is 49.4 Å². The Morgan fingerprint density at radius 3 is 2.88 bits per heavy atom. The van der Waals surface area contributed by atoms with Crippen LogP contribution in [0.5, 0.6) is 0 Å². The third-order valence-corrected chi connectivity index (χ3v) is 8.48. The van der Waals surface area contributed by atoms with Crippen LogP contribution in [-0.2, 0) is 16.9 Å². The summed E-state index contributed by atoms with van der Waals surface area (Å²) in [5, 5.41) is 11.5. The minimum Gasteiger partial charge on any atom is -0.331 e. The van der Waals surface area contributed by atoms with Gasteiger partial charge in [0, 0.05) is 24.7 Å². The number of anilines is 1. The lowest BCUT2D eigenvalue weighted by atomic mass is 10.1. The Kier molecular flexibility index (Phi) is 3.88. The van der Waals surface area contributed by atoms with Crippen molar-refractivity contribution < 1.29 is 13.2 Å². The van der Waals surface area contributed by atoms with Crippen LogP contribution in [0.3, 0.4) is 0 Å². The van der Waals surface area contributed by atoms with Crippen LogP contribution in [0.4, 0.5) is 10.5 Å². The van der Waals surface area contributed by atoms with Gasteiger partial charge in [0.1, 0.15) is 4.21 Å². The van der Waals surface area contributed by atoms with Gasteiger partial charge >= 0.3 is 6.03 Å². The van der Waals surface area contributed by atoms with Crippen LogP contribution in [0, 0.1) is 0 Å². The van der Waals surface area contributed by atoms with Crippen LogP contribution >= 0.6 is 11.3 Å². The van der Waals surface area contributed by atoms with Gasteiger partial charge in [-0.2, -0.15) is 5.10 Å². The van der Waals surface area contributed by atoms with E-state index in [9.17, 15) is 13.2 Å². The number of rotatable bonds is 3. The molecule has 3 heterocycles. The van der Waals surface area contributed by atoms with E-state index in [1.54, 1.807) is 29.2 Å². The maximum Gasteiger partial charge on any atom is 0.319 e. The number of aromatic nitrogens is 2. The highest BCUT2D eigenvalue weighted by molar-refractivity contribution is 7.94. The minimum atomic E-state index is -3.28. The zero-order valence-electron chi connectivity index (χ0n) is 14.0. The molecule has 0 unspecified atom stereocenters. The van der Waals surface area contributed by atoms with Gasteiger partial charge in [-0.05, 0) is 37.6 Å². The molecule has 2 amide bonds.